The van der Waals surface area contributed by atoms with E-state index >= 15 is 0 Å². The Morgan fingerprint density at radius 3 is 2.76 bits per heavy atom. The molecule has 1 aliphatic rings. The number of ketones is 1. The molecule has 0 bridgehead atoms. The normalized spacial score (nSPS) is 18.9. The summed E-state index contributed by atoms with van der Waals surface area (Å²) in [4.78, 5) is 24.2. The van der Waals surface area contributed by atoms with E-state index in [-0.39, 0.29) is 23.7 Å². The number of carbonyl (C=O) groups is 2. The zero-order valence-corrected chi connectivity index (χ0v) is 14.5. The Morgan fingerprint density at radius 2 is 2.04 bits per heavy atom. The minimum Gasteiger partial charge on any atom is -0.497 e. The van der Waals surface area contributed by atoms with Gasteiger partial charge in [-0.1, -0.05) is 12.1 Å². The molecule has 130 valence electrons. The molecule has 2 aromatic carbocycles. The van der Waals surface area contributed by atoms with E-state index in [2.05, 4.69) is 5.32 Å². The third-order valence-electron chi connectivity index (χ3n) is 4.37. The molecule has 0 spiro atoms. The predicted octanol–water partition coefficient (Wildman–Crippen LogP) is 3.48. The Morgan fingerprint density at radius 1 is 1.24 bits per heavy atom. The van der Waals surface area contributed by atoms with Gasteiger partial charge in [0.1, 0.15) is 17.6 Å². The highest BCUT2D eigenvalue weighted by Crippen LogP contribution is 2.35. The van der Waals surface area contributed by atoms with E-state index in [0.29, 0.717) is 23.5 Å². The monoisotopic (exact) mass is 339 g/mol. The van der Waals surface area contributed by atoms with Gasteiger partial charge < -0.3 is 14.8 Å². The molecule has 1 N–H and O–H groups in total. The SMILES string of the molecule is COc1ccc2c(c1)C(=O)[C@H](Cc1cccc(NC(C)=O)c1)[C@@H](C)O2. The number of Topliss-reactive ketones (excluding diaryl/α,β-unsaturated/α-hetero) is 1. The van der Waals surface area contributed by atoms with Crippen LogP contribution in [0.1, 0.15) is 29.8 Å². The molecule has 5 nitrogen and oxygen atoms in total. The van der Waals surface area contributed by atoms with Crippen LogP contribution in [0.4, 0.5) is 5.69 Å². The number of fused-ring (bicyclic) bond motifs is 1. The zero-order valence-electron chi connectivity index (χ0n) is 14.5. The van der Waals surface area contributed by atoms with Crippen molar-refractivity contribution in [2.75, 3.05) is 12.4 Å². The number of methoxy groups -OCH3 is 1. The summed E-state index contributed by atoms with van der Waals surface area (Å²) in [5, 5.41) is 2.76. The van der Waals surface area contributed by atoms with Crippen molar-refractivity contribution in [3.8, 4) is 11.5 Å². The van der Waals surface area contributed by atoms with Crippen LogP contribution in [0, 0.1) is 5.92 Å². The second-order valence-corrected chi connectivity index (χ2v) is 6.24. The molecule has 25 heavy (non-hydrogen) atoms. The summed E-state index contributed by atoms with van der Waals surface area (Å²) in [5.41, 5.74) is 2.26. The molecule has 2 atom stereocenters. The van der Waals surface area contributed by atoms with E-state index in [1.54, 1.807) is 25.3 Å². The molecule has 5 heteroatoms. The molecular formula is C20H21NO4. The third kappa shape index (κ3) is 3.65. The van der Waals surface area contributed by atoms with Crippen LogP contribution in [-0.4, -0.2) is 24.9 Å². The lowest BCUT2D eigenvalue weighted by Crippen LogP contribution is -2.37. The van der Waals surface area contributed by atoms with Crippen molar-refractivity contribution in [3.05, 3.63) is 53.6 Å². The molecule has 0 fully saturated rings. The van der Waals surface area contributed by atoms with Gasteiger partial charge in [0.05, 0.1) is 18.6 Å². The largest absolute Gasteiger partial charge is 0.497 e. The molecule has 1 aliphatic heterocycles. The summed E-state index contributed by atoms with van der Waals surface area (Å²) in [5.74, 6) is 0.881. The zero-order chi connectivity index (χ0) is 18.0. The van der Waals surface area contributed by atoms with E-state index in [9.17, 15) is 9.59 Å². The fraction of sp³-hybridized carbons (Fsp3) is 0.300. The Hall–Kier alpha value is -2.82. The summed E-state index contributed by atoms with van der Waals surface area (Å²) < 4.78 is 11.1. The van der Waals surface area contributed by atoms with Crippen LogP contribution in [0.25, 0.3) is 0 Å². The van der Waals surface area contributed by atoms with E-state index in [1.165, 1.54) is 6.92 Å². The highest BCUT2D eigenvalue weighted by Gasteiger charge is 2.34. The van der Waals surface area contributed by atoms with Crippen molar-refractivity contribution in [2.24, 2.45) is 5.92 Å². The van der Waals surface area contributed by atoms with Gasteiger partial charge in [-0.3, -0.25) is 9.59 Å². The van der Waals surface area contributed by atoms with Gasteiger partial charge in [-0.05, 0) is 49.2 Å². The number of nitrogens with one attached hydrogen (secondary N) is 1. The van der Waals surface area contributed by atoms with Crippen LogP contribution in [-0.2, 0) is 11.2 Å². The number of amides is 1. The smallest absolute Gasteiger partial charge is 0.221 e. The first kappa shape index (κ1) is 17.0. The van der Waals surface area contributed by atoms with Crippen LogP contribution < -0.4 is 14.8 Å². The molecular weight excluding hydrogens is 318 g/mol. The van der Waals surface area contributed by atoms with Crippen molar-refractivity contribution in [1.29, 1.82) is 0 Å². The minimum absolute atomic E-state index is 0.0533. The molecule has 1 heterocycles. The lowest BCUT2D eigenvalue weighted by molar-refractivity contribution is -0.114. The molecule has 2 aromatic rings. The number of rotatable bonds is 4. The molecule has 1 amide bonds. The van der Waals surface area contributed by atoms with Crippen LogP contribution >= 0.6 is 0 Å². The molecule has 3 rings (SSSR count). The second kappa shape index (κ2) is 6.97. The van der Waals surface area contributed by atoms with E-state index < -0.39 is 0 Å². The minimum atomic E-state index is -0.285. The Balaban J connectivity index is 1.85. The summed E-state index contributed by atoms with van der Waals surface area (Å²) in [6.45, 7) is 3.38. The van der Waals surface area contributed by atoms with Crippen LogP contribution in [0.15, 0.2) is 42.5 Å². The van der Waals surface area contributed by atoms with Gasteiger partial charge in [0.25, 0.3) is 0 Å². The van der Waals surface area contributed by atoms with Crippen LogP contribution in [0.3, 0.4) is 0 Å². The van der Waals surface area contributed by atoms with E-state index in [4.69, 9.17) is 9.47 Å². The Bertz CT molecular complexity index is 815. The van der Waals surface area contributed by atoms with Gasteiger partial charge in [-0.2, -0.15) is 0 Å². The quantitative estimate of drug-likeness (QED) is 0.926. The topological polar surface area (TPSA) is 64.6 Å². The number of ether oxygens (including phenoxy) is 2. The van der Waals surface area contributed by atoms with Gasteiger partial charge >= 0.3 is 0 Å². The fourth-order valence-corrected chi connectivity index (χ4v) is 3.12. The summed E-state index contributed by atoms with van der Waals surface area (Å²) in [6, 6.07) is 12.8. The third-order valence-corrected chi connectivity index (χ3v) is 4.37. The molecule has 0 radical (unpaired) electrons. The van der Waals surface area contributed by atoms with Crippen molar-refractivity contribution in [1.82, 2.24) is 0 Å². The van der Waals surface area contributed by atoms with Crippen LogP contribution in [0.2, 0.25) is 0 Å². The molecule has 0 saturated heterocycles. The van der Waals surface area contributed by atoms with Gasteiger partial charge in [0, 0.05) is 12.6 Å². The predicted molar refractivity (Wildman–Crippen MR) is 95.4 cm³/mol. The molecule has 0 saturated carbocycles. The van der Waals surface area contributed by atoms with Crippen molar-refractivity contribution in [3.63, 3.8) is 0 Å². The van der Waals surface area contributed by atoms with Crippen molar-refractivity contribution >= 4 is 17.4 Å². The number of hydrogen-bond acceptors (Lipinski definition) is 4. The Kier molecular flexibility index (Phi) is 4.74. The lowest BCUT2D eigenvalue weighted by atomic mass is 9.85. The summed E-state index contributed by atoms with van der Waals surface area (Å²) in [7, 11) is 1.57. The number of benzene rings is 2. The first-order valence-corrected chi connectivity index (χ1v) is 8.23. The lowest BCUT2D eigenvalue weighted by Gasteiger charge is -2.30. The van der Waals surface area contributed by atoms with Gasteiger partial charge in [-0.25, -0.2) is 0 Å². The highest BCUT2D eigenvalue weighted by atomic mass is 16.5. The fourth-order valence-electron chi connectivity index (χ4n) is 3.12. The summed E-state index contributed by atoms with van der Waals surface area (Å²) >= 11 is 0. The second-order valence-electron chi connectivity index (χ2n) is 6.24. The maximum atomic E-state index is 13.0. The first-order valence-electron chi connectivity index (χ1n) is 8.23. The molecule has 0 aromatic heterocycles. The number of hydrogen-bond donors (Lipinski definition) is 1. The van der Waals surface area contributed by atoms with E-state index in [0.717, 1.165) is 11.3 Å². The maximum absolute atomic E-state index is 13.0. The molecule has 0 aliphatic carbocycles. The summed E-state index contributed by atoms with van der Waals surface area (Å²) in [6.07, 6.45) is 0.321. The van der Waals surface area contributed by atoms with Gasteiger partial charge in [0.2, 0.25) is 5.91 Å². The highest BCUT2D eigenvalue weighted by molar-refractivity contribution is 6.02. The average Bonchev–Trinajstić information content (AvgIpc) is 2.58. The van der Waals surface area contributed by atoms with E-state index in [1.807, 2.05) is 31.2 Å². The van der Waals surface area contributed by atoms with Gasteiger partial charge in [0.15, 0.2) is 5.78 Å². The molecule has 0 unspecified atom stereocenters. The van der Waals surface area contributed by atoms with Crippen molar-refractivity contribution in [2.45, 2.75) is 26.4 Å². The maximum Gasteiger partial charge on any atom is 0.221 e. The first-order chi connectivity index (χ1) is 12.0. The van der Waals surface area contributed by atoms with Crippen LogP contribution in [0.5, 0.6) is 11.5 Å². The number of anilines is 1. The van der Waals surface area contributed by atoms with Crippen molar-refractivity contribution < 1.29 is 19.1 Å². The average molecular weight is 339 g/mol. The standard InChI is InChI=1S/C20H21NO4/c1-12-17(10-14-5-4-6-15(9-14)21-13(2)22)20(23)18-11-16(24-3)7-8-19(18)25-12/h4-9,11-12,17H,10H2,1-3H3,(H,21,22)/t12-,17-/m1/s1. The Labute approximate surface area is 147 Å². The number of carbonyl (C=O) groups excluding carboxylic acids is 2. The van der Waals surface area contributed by atoms with Gasteiger partial charge in [-0.15, -0.1) is 0 Å².